The molecule has 19 heavy (non-hydrogen) atoms. The van der Waals surface area contributed by atoms with Gasteiger partial charge in [-0.05, 0) is 48.4 Å². The number of benzene rings is 1. The third-order valence-electron chi connectivity index (χ3n) is 3.93. The van der Waals surface area contributed by atoms with Crippen LogP contribution in [-0.2, 0) is 0 Å². The van der Waals surface area contributed by atoms with Crippen molar-refractivity contribution in [3.05, 3.63) is 65.5 Å². The van der Waals surface area contributed by atoms with Gasteiger partial charge < -0.3 is 0 Å². The number of nitrogens with one attached hydrogen (secondary N) is 1. The molecule has 0 bridgehead atoms. The number of nitrogens with two attached hydrogens (primary N) is 1. The summed E-state index contributed by atoms with van der Waals surface area (Å²) in [5.74, 6) is 6.89. The number of aryl methyl sites for hydroxylation is 1. The van der Waals surface area contributed by atoms with Gasteiger partial charge in [-0.15, -0.1) is 0 Å². The number of nitrogens with zero attached hydrogens (tertiary/aromatic N) is 1. The molecule has 3 rings (SSSR count). The summed E-state index contributed by atoms with van der Waals surface area (Å²) in [5, 5.41) is 0. The maximum absolute atomic E-state index is 5.75. The Balaban J connectivity index is 1.79. The summed E-state index contributed by atoms with van der Waals surface area (Å²) in [6.45, 7) is 2.08. The molecule has 3 atom stereocenters. The molecular weight excluding hydrogens is 234 g/mol. The van der Waals surface area contributed by atoms with Crippen molar-refractivity contribution >= 4 is 0 Å². The van der Waals surface area contributed by atoms with Gasteiger partial charge in [-0.3, -0.25) is 16.3 Å². The van der Waals surface area contributed by atoms with Crippen molar-refractivity contribution in [1.29, 1.82) is 0 Å². The van der Waals surface area contributed by atoms with Gasteiger partial charge in [-0.25, -0.2) is 0 Å². The molecule has 0 spiro atoms. The quantitative estimate of drug-likeness (QED) is 0.650. The molecule has 3 unspecified atom stereocenters. The van der Waals surface area contributed by atoms with E-state index >= 15 is 0 Å². The Morgan fingerprint density at radius 2 is 2.05 bits per heavy atom. The van der Waals surface area contributed by atoms with Crippen LogP contribution in [0.1, 0.15) is 35.2 Å². The van der Waals surface area contributed by atoms with E-state index in [1.54, 1.807) is 0 Å². The topological polar surface area (TPSA) is 50.9 Å². The first kappa shape index (κ1) is 12.3. The number of hydrogen-bond donors (Lipinski definition) is 2. The Kier molecular flexibility index (Phi) is 3.32. The van der Waals surface area contributed by atoms with Gasteiger partial charge in [0.05, 0.1) is 11.7 Å². The monoisotopic (exact) mass is 253 g/mol. The average Bonchev–Trinajstić information content (AvgIpc) is 3.21. The van der Waals surface area contributed by atoms with Gasteiger partial charge in [0, 0.05) is 6.20 Å². The SMILES string of the molecule is Cc1ccnc(C(NN)C2CC2c2ccccc2)c1. The molecule has 1 fully saturated rings. The first-order valence-corrected chi connectivity index (χ1v) is 6.73. The van der Waals surface area contributed by atoms with Crippen LogP contribution in [0.15, 0.2) is 48.7 Å². The van der Waals surface area contributed by atoms with E-state index in [0.717, 1.165) is 5.69 Å². The molecule has 2 aromatic rings. The molecule has 0 aliphatic heterocycles. The van der Waals surface area contributed by atoms with Crippen molar-refractivity contribution in [2.75, 3.05) is 0 Å². The van der Waals surface area contributed by atoms with Gasteiger partial charge in [0.1, 0.15) is 0 Å². The van der Waals surface area contributed by atoms with Crippen molar-refractivity contribution in [3.8, 4) is 0 Å². The fourth-order valence-electron chi connectivity index (χ4n) is 2.82. The lowest BCUT2D eigenvalue weighted by Gasteiger charge is -2.16. The molecule has 1 aromatic carbocycles. The minimum atomic E-state index is 0.144. The van der Waals surface area contributed by atoms with Crippen molar-refractivity contribution in [3.63, 3.8) is 0 Å². The first-order valence-electron chi connectivity index (χ1n) is 6.73. The Morgan fingerprint density at radius 1 is 1.26 bits per heavy atom. The molecule has 98 valence electrons. The first-order chi connectivity index (χ1) is 9.29. The van der Waals surface area contributed by atoms with Crippen LogP contribution >= 0.6 is 0 Å². The number of pyridine rings is 1. The van der Waals surface area contributed by atoms with Gasteiger partial charge in [-0.2, -0.15) is 0 Å². The summed E-state index contributed by atoms with van der Waals surface area (Å²) < 4.78 is 0. The number of hydrazine groups is 1. The Hall–Kier alpha value is -1.71. The van der Waals surface area contributed by atoms with Crippen molar-refractivity contribution in [2.45, 2.75) is 25.3 Å². The summed E-state index contributed by atoms with van der Waals surface area (Å²) in [4.78, 5) is 4.46. The predicted octanol–water partition coefficient (Wildman–Crippen LogP) is 2.70. The second-order valence-electron chi connectivity index (χ2n) is 5.32. The molecule has 1 saturated carbocycles. The summed E-state index contributed by atoms with van der Waals surface area (Å²) in [6, 6.07) is 14.9. The van der Waals surface area contributed by atoms with E-state index in [4.69, 9.17) is 5.84 Å². The molecule has 3 heteroatoms. The number of hydrogen-bond acceptors (Lipinski definition) is 3. The highest BCUT2D eigenvalue weighted by Crippen LogP contribution is 2.53. The molecule has 3 N–H and O–H groups in total. The summed E-state index contributed by atoms with van der Waals surface area (Å²) in [7, 11) is 0. The van der Waals surface area contributed by atoms with Gasteiger partial charge in [0.15, 0.2) is 0 Å². The Bertz CT molecular complexity index is 553. The van der Waals surface area contributed by atoms with Crippen LogP contribution in [0.5, 0.6) is 0 Å². The van der Waals surface area contributed by atoms with Crippen LogP contribution < -0.4 is 11.3 Å². The molecule has 1 heterocycles. The zero-order chi connectivity index (χ0) is 13.2. The van der Waals surface area contributed by atoms with Gasteiger partial charge >= 0.3 is 0 Å². The van der Waals surface area contributed by atoms with Crippen molar-refractivity contribution < 1.29 is 0 Å². The van der Waals surface area contributed by atoms with E-state index < -0.39 is 0 Å². The summed E-state index contributed by atoms with van der Waals surface area (Å²) in [5.41, 5.74) is 6.62. The summed E-state index contributed by atoms with van der Waals surface area (Å²) >= 11 is 0. The van der Waals surface area contributed by atoms with Crippen molar-refractivity contribution in [2.24, 2.45) is 11.8 Å². The third kappa shape index (κ3) is 2.53. The fourth-order valence-corrected chi connectivity index (χ4v) is 2.82. The zero-order valence-corrected chi connectivity index (χ0v) is 11.1. The lowest BCUT2D eigenvalue weighted by Crippen LogP contribution is -2.30. The predicted molar refractivity (Wildman–Crippen MR) is 76.3 cm³/mol. The van der Waals surface area contributed by atoms with Gasteiger partial charge in [-0.1, -0.05) is 30.3 Å². The smallest absolute Gasteiger partial charge is 0.0666 e. The van der Waals surface area contributed by atoms with E-state index in [1.807, 2.05) is 12.3 Å². The highest BCUT2D eigenvalue weighted by molar-refractivity contribution is 5.29. The second-order valence-corrected chi connectivity index (χ2v) is 5.32. The summed E-state index contributed by atoms with van der Waals surface area (Å²) in [6.07, 6.45) is 3.03. The highest BCUT2D eigenvalue weighted by atomic mass is 15.2. The molecule has 0 radical (unpaired) electrons. The van der Waals surface area contributed by atoms with E-state index in [-0.39, 0.29) is 6.04 Å². The Morgan fingerprint density at radius 3 is 2.74 bits per heavy atom. The van der Waals surface area contributed by atoms with E-state index in [9.17, 15) is 0 Å². The van der Waals surface area contributed by atoms with E-state index in [0.29, 0.717) is 11.8 Å². The molecule has 0 amide bonds. The van der Waals surface area contributed by atoms with E-state index in [1.165, 1.54) is 17.5 Å². The van der Waals surface area contributed by atoms with Gasteiger partial charge in [0.25, 0.3) is 0 Å². The van der Waals surface area contributed by atoms with Crippen LogP contribution in [0.2, 0.25) is 0 Å². The fraction of sp³-hybridized carbons (Fsp3) is 0.312. The normalized spacial score (nSPS) is 23.1. The van der Waals surface area contributed by atoms with Crippen LogP contribution in [0.25, 0.3) is 0 Å². The second kappa shape index (κ2) is 5.11. The van der Waals surface area contributed by atoms with E-state index in [2.05, 4.69) is 53.7 Å². The standard InChI is InChI=1S/C16H19N3/c1-11-7-8-18-15(9-11)16(19-17)14-10-13(14)12-5-3-2-4-6-12/h2-9,13-14,16,19H,10,17H2,1H3. The highest BCUT2D eigenvalue weighted by Gasteiger charge is 2.44. The molecule has 0 saturated heterocycles. The van der Waals surface area contributed by atoms with Gasteiger partial charge in [0.2, 0.25) is 0 Å². The molecule has 1 aliphatic carbocycles. The maximum atomic E-state index is 5.75. The Labute approximate surface area is 113 Å². The minimum Gasteiger partial charge on any atom is -0.271 e. The van der Waals surface area contributed by atoms with Crippen LogP contribution in [0.3, 0.4) is 0 Å². The third-order valence-corrected chi connectivity index (χ3v) is 3.93. The number of aromatic nitrogens is 1. The lowest BCUT2D eigenvalue weighted by atomic mass is 10.0. The molecule has 1 aliphatic rings. The average molecular weight is 253 g/mol. The largest absolute Gasteiger partial charge is 0.271 e. The maximum Gasteiger partial charge on any atom is 0.0666 e. The minimum absolute atomic E-state index is 0.144. The molecule has 1 aromatic heterocycles. The lowest BCUT2D eigenvalue weighted by molar-refractivity contribution is 0.476. The zero-order valence-electron chi connectivity index (χ0n) is 11.1. The van der Waals surface area contributed by atoms with Crippen LogP contribution in [-0.4, -0.2) is 4.98 Å². The molecule has 3 nitrogen and oxygen atoms in total. The van der Waals surface area contributed by atoms with Crippen molar-refractivity contribution in [1.82, 2.24) is 10.4 Å². The number of rotatable bonds is 4. The van der Waals surface area contributed by atoms with Crippen LogP contribution in [0, 0.1) is 12.8 Å². The van der Waals surface area contributed by atoms with Crippen LogP contribution in [0.4, 0.5) is 0 Å². The molecular formula is C16H19N3.